The number of aliphatic imine (C=N–C) groups is 1. The van der Waals surface area contributed by atoms with E-state index in [1.807, 2.05) is 12.1 Å². The normalized spacial score (nSPS) is 26.8. The lowest BCUT2D eigenvalue weighted by Crippen LogP contribution is -2.65. The van der Waals surface area contributed by atoms with Gasteiger partial charge in [-0.25, -0.2) is 15.1 Å². The topological polar surface area (TPSA) is 167 Å². The molecule has 3 aliphatic carbocycles. The number of halogens is 1. The molecule has 12 nitrogen and oxygen atoms in total. The average Bonchev–Trinajstić information content (AvgIpc) is 3.30. The van der Waals surface area contributed by atoms with Crippen molar-refractivity contribution in [2.75, 3.05) is 13.2 Å². The van der Waals surface area contributed by atoms with Crippen LogP contribution < -0.4 is 21.2 Å². The third-order valence-electron chi connectivity index (χ3n) is 9.61. The highest BCUT2D eigenvalue weighted by Crippen LogP contribution is 2.65. The molecule has 242 valence electrons. The van der Waals surface area contributed by atoms with Crippen molar-refractivity contribution in [2.24, 2.45) is 39.8 Å². The summed E-state index contributed by atoms with van der Waals surface area (Å²) in [6.07, 6.45) is 3.40. The summed E-state index contributed by atoms with van der Waals surface area (Å²) >= 11 is 3.37. The summed E-state index contributed by atoms with van der Waals surface area (Å²) in [5.41, 5.74) is 7.12. The molecule has 3 saturated carbocycles. The number of rotatable bonds is 15. The SMILES string of the molecule is CC(C)C[C@H](NC(=O)[C@H](CCCN=C(N)N[N+](=O)[O-])CC(=O)COc1ccc(Br)cc1)B1O[C@@H]2C[C@H]3C[C@H](C3(C)C)[C@]2(C)O1. The number of carbonyl (C=O) groups excluding carboxylic acids is 2. The molecule has 4 fully saturated rings. The molecule has 0 radical (unpaired) electrons. The van der Waals surface area contributed by atoms with Gasteiger partial charge in [0.25, 0.3) is 5.96 Å². The number of hydrogen-bond acceptors (Lipinski definition) is 8. The maximum absolute atomic E-state index is 13.8. The Labute approximate surface area is 268 Å². The first-order valence-corrected chi connectivity index (χ1v) is 16.2. The van der Waals surface area contributed by atoms with Crippen LogP contribution in [0.5, 0.6) is 5.75 Å². The van der Waals surface area contributed by atoms with E-state index < -0.39 is 23.7 Å². The fraction of sp³-hybridized carbons (Fsp3) is 0.700. The molecule has 0 aromatic heterocycles. The van der Waals surface area contributed by atoms with Crippen LogP contribution in [0.25, 0.3) is 0 Å². The second-order valence-electron chi connectivity index (χ2n) is 13.5. The molecule has 0 unspecified atom stereocenters. The van der Waals surface area contributed by atoms with Crippen LogP contribution in [0.1, 0.15) is 73.1 Å². The fourth-order valence-corrected chi connectivity index (χ4v) is 7.40. The molecule has 1 heterocycles. The Balaban J connectivity index is 1.42. The first kappa shape index (κ1) is 34.2. The average molecular weight is 678 g/mol. The number of benzene rings is 1. The Morgan fingerprint density at radius 3 is 2.59 bits per heavy atom. The number of amides is 1. The Morgan fingerprint density at radius 2 is 1.95 bits per heavy atom. The van der Waals surface area contributed by atoms with Crippen molar-refractivity contribution >= 4 is 40.7 Å². The molecule has 0 spiro atoms. The molecule has 14 heteroatoms. The number of hydrogen-bond donors (Lipinski definition) is 3. The Kier molecular flexibility index (Phi) is 11.0. The van der Waals surface area contributed by atoms with Gasteiger partial charge >= 0.3 is 7.12 Å². The van der Waals surface area contributed by atoms with Gasteiger partial charge in [-0.2, -0.15) is 0 Å². The van der Waals surface area contributed by atoms with Gasteiger partial charge in [0.2, 0.25) is 5.91 Å². The number of nitrogens with one attached hydrogen (secondary N) is 2. The van der Waals surface area contributed by atoms with Crippen LogP contribution in [-0.2, 0) is 18.9 Å². The van der Waals surface area contributed by atoms with Crippen molar-refractivity contribution in [1.82, 2.24) is 10.7 Å². The van der Waals surface area contributed by atoms with Gasteiger partial charge in [0.1, 0.15) is 12.4 Å². The molecular formula is C30H45BBrN5O7. The van der Waals surface area contributed by atoms with Crippen LogP contribution in [0.3, 0.4) is 0 Å². The summed E-state index contributed by atoms with van der Waals surface area (Å²) < 4.78 is 19.8. The lowest BCUT2D eigenvalue weighted by Gasteiger charge is -2.64. The number of ether oxygens (including phenoxy) is 1. The number of nitro groups is 1. The number of carbonyl (C=O) groups is 2. The Hall–Kier alpha value is -2.71. The Morgan fingerprint density at radius 1 is 1.25 bits per heavy atom. The summed E-state index contributed by atoms with van der Waals surface area (Å²) in [4.78, 5) is 41.3. The van der Waals surface area contributed by atoms with Gasteiger partial charge in [-0.15, -0.1) is 0 Å². The highest BCUT2D eigenvalue weighted by molar-refractivity contribution is 9.10. The van der Waals surface area contributed by atoms with E-state index in [1.54, 1.807) is 17.6 Å². The molecule has 2 bridgehead atoms. The predicted molar refractivity (Wildman–Crippen MR) is 170 cm³/mol. The minimum absolute atomic E-state index is 0.0138. The van der Waals surface area contributed by atoms with E-state index in [0.29, 0.717) is 36.8 Å². The molecule has 44 heavy (non-hydrogen) atoms. The zero-order valence-corrected chi connectivity index (χ0v) is 27.8. The molecule has 1 aromatic carbocycles. The maximum Gasteiger partial charge on any atom is 0.481 e. The second-order valence-corrected chi connectivity index (χ2v) is 14.5. The number of nitrogens with zero attached hydrogens (tertiary/aromatic N) is 2. The van der Waals surface area contributed by atoms with Gasteiger partial charge in [0.05, 0.1) is 17.6 Å². The zero-order valence-electron chi connectivity index (χ0n) is 26.2. The van der Waals surface area contributed by atoms with Gasteiger partial charge in [0.15, 0.2) is 10.8 Å². The van der Waals surface area contributed by atoms with E-state index in [-0.39, 0.29) is 60.6 Å². The molecular weight excluding hydrogens is 633 g/mol. The van der Waals surface area contributed by atoms with Crippen molar-refractivity contribution in [3.05, 3.63) is 38.9 Å². The summed E-state index contributed by atoms with van der Waals surface area (Å²) in [5.74, 6) is -0.0559. The van der Waals surface area contributed by atoms with Gasteiger partial charge in [-0.3, -0.25) is 9.59 Å². The Bertz CT molecular complexity index is 1230. The number of hydrazine groups is 1. The standard InChI is InChI=1S/C30H45BBrN5O7/c1-18(2)13-26(31-43-25-16-20-15-24(29(20,3)4)30(25,5)44-31)35-27(39)19(7-6-12-34-28(33)36-37(40)41)14-22(38)17-42-23-10-8-21(32)9-11-23/h8-11,18-20,24-26H,6-7,12-17H2,1-5H3,(H,35,39)(H3,33,34,36)/t19-,20-,24-,25-,26+,30+/m1/s1. The maximum atomic E-state index is 13.8. The van der Waals surface area contributed by atoms with Gasteiger partial charge in [-0.05, 0) is 86.5 Å². The van der Waals surface area contributed by atoms with Crippen molar-refractivity contribution < 1.29 is 28.7 Å². The number of Topliss-reactive ketones (excluding diaryl/α,β-unsaturated/α-hetero) is 1. The summed E-state index contributed by atoms with van der Waals surface area (Å²) in [6.45, 7) is 10.9. The molecule has 4 N–H and O–H groups in total. The molecule has 1 aliphatic heterocycles. The minimum atomic E-state index is -0.790. The van der Waals surface area contributed by atoms with Crippen molar-refractivity contribution in [3.8, 4) is 5.75 Å². The second kappa shape index (κ2) is 14.2. The minimum Gasteiger partial charge on any atom is -0.486 e. The summed E-state index contributed by atoms with van der Waals surface area (Å²) in [6, 6.07) is 7.15. The zero-order chi connectivity index (χ0) is 32.2. The number of ketones is 1. The highest BCUT2D eigenvalue weighted by Gasteiger charge is 2.68. The monoisotopic (exact) mass is 677 g/mol. The molecule has 1 saturated heterocycles. The van der Waals surface area contributed by atoms with Crippen LogP contribution in [0, 0.1) is 39.2 Å². The molecule has 5 rings (SSSR count). The van der Waals surface area contributed by atoms with E-state index in [4.69, 9.17) is 19.8 Å². The first-order chi connectivity index (χ1) is 20.7. The van der Waals surface area contributed by atoms with Crippen LogP contribution in [0.4, 0.5) is 0 Å². The molecule has 1 amide bonds. The summed E-state index contributed by atoms with van der Waals surface area (Å²) in [5, 5.41) is 13.0. The van der Waals surface area contributed by atoms with Crippen LogP contribution in [0.2, 0.25) is 0 Å². The van der Waals surface area contributed by atoms with Gasteiger partial charge in [0, 0.05) is 23.4 Å². The lowest BCUT2D eigenvalue weighted by molar-refractivity contribution is -0.525. The third kappa shape index (κ3) is 8.11. The molecule has 1 aromatic rings. The fourth-order valence-electron chi connectivity index (χ4n) is 7.14. The van der Waals surface area contributed by atoms with E-state index in [9.17, 15) is 19.7 Å². The van der Waals surface area contributed by atoms with Crippen LogP contribution >= 0.6 is 15.9 Å². The van der Waals surface area contributed by atoms with E-state index in [2.05, 4.69) is 60.9 Å². The van der Waals surface area contributed by atoms with Crippen LogP contribution in [0.15, 0.2) is 33.7 Å². The van der Waals surface area contributed by atoms with Crippen molar-refractivity contribution in [2.45, 2.75) is 90.8 Å². The van der Waals surface area contributed by atoms with Gasteiger partial charge < -0.3 is 25.1 Å². The van der Waals surface area contributed by atoms with E-state index in [1.165, 1.54) is 0 Å². The summed E-state index contributed by atoms with van der Waals surface area (Å²) in [7, 11) is -0.582. The molecule has 4 aliphatic rings. The van der Waals surface area contributed by atoms with E-state index in [0.717, 1.165) is 17.3 Å². The predicted octanol–water partition coefficient (Wildman–Crippen LogP) is 4.08. The number of nitrogens with two attached hydrogens (primary N) is 1. The number of guanidine groups is 1. The van der Waals surface area contributed by atoms with Gasteiger partial charge in [-0.1, -0.05) is 49.1 Å². The smallest absolute Gasteiger partial charge is 0.481 e. The third-order valence-corrected chi connectivity index (χ3v) is 10.1. The van der Waals surface area contributed by atoms with Crippen molar-refractivity contribution in [1.29, 1.82) is 0 Å². The first-order valence-electron chi connectivity index (χ1n) is 15.4. The van der Waals surface area contributed by atoms with E-state index >= 15 is 0 Å². The lowest BCUT2D eigenvalue weighted by atomic mass is 9.43. The highest BCUT2D eigenvalue weighted by atomic mass is 79.9. The van der Waals surface area contributed by atoms with Crippen molar-refractivity contribution in [3.63, 3.8) is 0 Å². The molecule has 6 atom stereocenters. The van der Waals surface area contributed by atoms with Crippen LogP contribution in [-0.4, -0.2) is 60.6 Å². The largest absolute Gasteiger partial charge is 0.486 e. The quantitative estimate of drug-likeness (QED) is 0.0619.